The lowest BCUT2D eigenvalue weighted by molar-refractivity contribution is -0.109. The molecule has 0 atom stereocenters. The Labute approximate surface area is 102 Å². The second kappa shape index (κ2) is 6.05. The quantitative estimate of drug-likeness (QED) is 0.712. The van der Waals surface area contributed by atoms with Crippen LogP contribution in [0.25, 0.3) is 0 Å². The molecule has 5 heteroatoms. The van der Waals surface area contributed by atoms with E-state index < -0.39 is 11.9 Å². The zero-order valence-electron chi connectivity index (χ0n) is 11.1. The highest BCUT2D eigenvalue weighted by molar-refractivity contribution is 5.08. The van der Waals surface area contributed by atoms with E-state index in [-0.39, 0.29) is 0 Å². The molecule has 0 saturated carbocycles. The van der Waals surface area contributed by atoms with Gasteiger partial charge in [-0.25, -0.2) is 9.97 Å². The molecule has 0 saturated heterocycles. The summed E-state index contributed by atoms with van der Waals surface area (Å²) in [6.07, 6.45) is 1.21. The van der Waals surface area contributed by atoms with Gasteiger partial charge in [0.1, 0.15) is 11.3 Å². The molecule has 0 aliphatic rings. The third-order valence-corrected chi connectivity index (χ3v) is 2.39. The van der Waals surface area contributed by atoms with Crippen molar-refractivity contribution >= 4 is 0 Å². The molecule has 0 aliphatic carbocycles. The van der Waals surface area contributed by atoms with Gasteiger partial charge >= 0.3 is 0 Å². The standard InChI is InChI=1S/C12H20N2O3/c1-6-17-12(2,3)11-13-8-7-9(14-11)10(15-4)16-5/h7-8,10H,6H2,1-5H3. The van der Waals surface area contributed by atoms with Crippen LogP contribution in [-0.2, 0) is 19.8 Å². The van der Waals surface area contributed by atoms with E-state index in [1.165, 1.54) is 0 Å². The molecule has 0 aliphatic heterocycles. The summed E-state index contributed by atoms with van der Waals surface area (Å²) in [5, 5.41) is 0. The Hall–Kier alpha value is -1.04. The Morgan fingerprint density at radius 1 is 1.29 bits per heavy atom. The predicted octanol–water partition coefficient (Wildman–Crippen LogP) is 2.04. The smallest absolute Gasteiger partial charge is 0.200 e. The maximum atomic E-state index is 5.61. The van der Waals surface area contributed by atoms with Crippen molar-refractivity contribution in [3.8, 4) is 0 Å². The molecule has 0 radical (unpaired) electrons. The van der Waals surface area contributed by atoms with Gasteiger partial charge in [-0.1, -0.05) is 0 Å². The molecule has 96 valence electrons. The maximum absolute atomic E-state index is 5.61. The summed E-state index contributed by atoms with van der Waals surface area (Å²) in [5.74, 6) is 0.621. The molecular formula is C12H20N2O3. The van der Waals surface area contributed by atoms with E-state index in [1.54, 1.807) is 26.5 Å². The van der Waals surface area contributed by atoms with Crippen molar-refractivity contribution in [2.24, 2.45) is 0 Å². The zero-order chi connectivity index (χ0) is 12.9. The van der Waals surface area contributed by atoms with Crippen molar-refractivity contribution in [1.29, 1.82) is 0 Å². The van der Waals surface area contributed by atoms with E-state index in [2.05, 4.69) is 9.97 Å². The van der Waals surface area contributed by atoms with Gasteiger partial charge in [0.15, 0.2) is 5.82 Å². The largest absolute Gasteiger partial charge is 0.368 e. The molecule has 0 bridgehead atoms. The molecule has 0 spiro atoms. The van der Waals surface area contributed by atoms with Crippen molar-refractivity contribution in [2.75, 3.05) is 20.8 Å². The molecule has 1 heterocycles. The zero-order valence-corrected chi connectivity index (χ0v) is 11.1. The fourth-order valence-electron chi connectivity index (χ4n) is 1.56. The Morgan fingerprint density at radius 3 is 2.47 bits per heavy atom. The van der Waals surface area contributed by atoms with Crippen LogP contribution in [0.5, 0.6) is 0 Å². The highest BCUT2D eigenvalue weighted by atomic mass is 16.7. The first-order valence-electron chi connectivity index (χ1n) is 5.58. The summed E-state index contributed by atoms with van der Waals surface area (Å²) in [5.41, 5.74) is 0.171. The molecule has 0 N–H and O–H groups in total. The van der Waals surface area contributed by atoms with Gasteiger partial charge in [-0.2, -0.15) is 0 Å². The summed E-state index contributed by atoms with van der Waals surface area (Å²) < 4.78 is 15.9. The van der Waals surface area contributed by atoms with Crippen molar-refractivity contribution in [1.82, 2.24) is 9.97 Å². The molecule has 0 unspecified atom stereocenters. The van der Waals surface area contributed by atoms with Gasteiger partial charge in [-0.3, -0.25) is 0 Å². The lowest BCUT2D eigenvalue weighted by Crippen LogP contribution is -2.25. The first-order valence-corrected chi connectivity index (χ1v) is 5.58. The van der Waals surface area contributed by atoms with Gasteiger partial charge in [-0.05, 0) is 26.8 Å². The first kappa shape index (κ1) is 14.0. The number of hydrogen-bond acceptors (Lipinski definition) is 5. The molecular weight excluding hydrogens is 220 g/mol. The highest BCUT2D eigenvalue weighted by Gasteiger charge is 2.25. The fourth-order valence-corrected chi connectivity index (χ4v) is 1.56. The molecule has 0 aromatic carbocycles. The number of hydrogen-bond donors (Lipinski definition) is 0. The van der Waals surface area contributed by atoms with Crippen LogP contribution >= 0.6 is 0 Å². The van der Waals surface area contributed by atoms with E-state index in [4.69, 9.17) is 14.2 Å². The summed E-state index contributed by atoms with van der Waals surface area (Å²) in [4.78, 5) is 8.65. The van der Waals surface area contributed by atoms with Gasteiger partial charge in [-0.15, -0.1) is 0 Å². The van der Waals surface area contributed by atoms with Crippen molar-refractivity contribution in [3.63, 3.8) is 0 Å². The van der Waals surface area contributed by atoms with E-state index >= 15 is 0 Å². The van der Waals surface area contributed by atoms with Crippen LogP contribution in [0.3, 0.4) is 0 Å². The Kier molecular flexibility index (Phi) is 4.99. The average molecular weight is 240 g/mol. The van der Waals surface area contributed by atoms with Gasteiger partial charge in [0.2, 0.25) is 6.29 Å². The molecule has 17 heavy (non-hydrogen) atoms. The minimum absolute atomic E-state index is 0.478. The van der Waals surface area contributed by atoms with Crippen LogP contribution in [0, 0.1) is 0 Å². The number of ether oxygens (including phenoxy) is 3. The van der Waals surface area contributed by atoms with Crippen molar-refractivity contribution < 1.29 is 14.2 Å². The number of nitrogens with zero attached hydrogens (tertiary/aromatic N) is 2. The molecule has 0 fully saturated rings. The second-order valence-electron chi connectivity index (χ2n) is 4.05. The molecule has 1 aromatic heterocycles. The van der Waals surface area contributed by atoms with Crippen LogP contribution in [0.4, 0.5) is 0 Å². The van der Waals surface area contributed by atoms with E-state index in [0.717, 1.165) is 0 Å². The molecule has 1 rings (SSSR count). The van der Waals surface area contributed by atoms with E-state index in [0.29, 0.717) is 18.1 Å². The topological polar surface area (TPSA) is 53.5 Å². The number of rotatable bonds is 6. The Balaban J connectivity index is 3.00. The summed E-state index contributed by atoms with van der Waals surface area (Å²) >= 11 is 0. The van der Waals surface area contributed by atoms with Crippen LogP contribution in [0.2, 0.25) is 0 Å². The minimum Gasteiger partial charge on any atom is -0.368 e. The molecule has 5 nitrogen and oxygen atoms in total. The minimum atomic E-state index is -0.517. The molecule has 1 aromatic rings. The van der Waals surface area contributed by atoms with Gasteiger partial charge in [0, 0.05) is 27.0 Å². The van der Waals surface area contributed by atoms with E-state index in [1.807, 2.05) is 20.8 Å². The third-order valence-electron chi connectivity index (χ3n) is 2.39. The van der Waals surface area contributed by atoms with Gasteiger partial charge in [0.05, 0.1) is 0 Å². The Morgan fingerprint density at radius 2 is 1.94 bits per heavy atom. The Bertz CT molecular complexity index is 351. The summed E-state index contributed by atoms with van der Waals surface area (Å²) in [6.45, 7) is 6.42. The van der Waals surface area contributed by atoms with Crippen LogP contribution < -0.4 is 0 Å². The van der Waals surface area contributed by atoms with Gasteiger partial charge in [0.25, 0.3) is 0 Å². The highest BCUT2D eigenvalue weighted by Crippen LogP contribution is 2.23. The third kappa shape index (κ3) is 3.46. The van der Waals surface area contributed by atoms with Crippen LogP contribution in [-0.4, -0.2) is 30.8 Å². The first-order chi connectivity index (χ1) is 8.05. The van der Waals surface area contributed by atoms with Crippen LogP contribution in [0.15, 0.2) is 12.3 Å². The normalized spacial score (nSPS) is 12.1. The predicted molar refractivity (Wildman–Crippen MR) is 63.4 cm³/mol. The lowest BCUT2D eigenvalue weighted by atomic mass is 10.1. The average Bonchev–Trinajstić information content (AvgIpc) is 2.31. The molecule has 0 amide bonds. The van der Waals surface area contributed by atoms with Crippen LogP contribution in [0.1, 0.15) is 38.6 Å². The van der Waals surface area contributed by atoms with E-state index in [9.17, 15) is 0 Å². The summed E-state index contributed by atoms with van der Waals surface area (Å²) in [6, 6.07) is 1.77. The number of methoxy groups -OCH3 is 2. The second-order valence-corrected chi connectivity index (χ2v) is 4.05. The lowest BCUT2D eigenvalue weighted by Gasteiger charge is -2.23. The van der Waals surface area contributed by atoms with Gasteiger partial charge < -0.3 is 14.2 Å². The van der Waals surface area contributed by atoms with Crippen molar-refractivity contribution in [3.05, 3.63) is 23.8 Å². The maximum Gasteiger partial charge on any atom is 0.200 e. The SMILES string of the molecule is CCOC(C)(C)c1nccc(C(OC)OC)n1. The number of aromatic nitrogens is 2. The fraction of sp³-hybridized carbons (Fsp3) is 0.667. The summed E-state index contributed by atoms with van der Waals surface area (Å²) in [7, 11) is 3.15. The monoisotopic (exact) mass is 240 g/mol. The van der Waals surface area contributed by atoms with Crippen molar-refractivity contribution in [2.45, 2.75) is 32.7 Å².